The summed E-state index contributed by atoms with van der Waals surface area (Å²) < 4.78 is 59.2. The molecule has 13 heteroatoms. The molecule has 0 amide bonds. The number of rotatable bonds is 43. The molecule has 0 aromatic rings. The zero-order valence-electron chi connectivity index (χ0n) is 39.4. The van der Waals surface area contributed by atoms with Crippen molar-refractivity contribution in [1.29, 1.82) is 0 Å². The fourth-order valence-corrected chi connectivity index (χ4v) is 8.00. The molecule has 0 aromatic carbocycles. The topological polar surface area (TPSA) is 178 Å². The lowest BCUT2D eigenvalue weighted by molar-refractivity contribution is -0.301. The molecular formula is C50H90O12S. The number of hydrogen-bond acceptors (Lipinski definition) is 11. The fourth-order valence-electron chi connectivity index (χ4n) is 7.49. The van der Waals surface area contributed by atoms with E-state index in [9.17, 15) is 33.1 Å². The number of allylic oxidation sites excluding steroid dienone is 8. The molecule has 1 aliphatic heterocycles. The average molecular weight is 915 g/mol. The molecule has 6 atom stereocenters. The molecule has 4 N–H and O–H groups in total. The van der Waals surface area contributed by atoms with Gasteiger partial charge in [-0.3, -0.25) is 9.35 Å². The van der Waals surface area contributed by atoms with Gasteiger partial charge in [0.1, 0.15) is 30.5 Å². The quantitative estimate of drug-likeness (QED) is 0.0197. The Hall–Kier alpha value is -1.94. The third kappa shape index (κ3) is 35.0. The lowest BCUT2D eigenvalue weighted by atomic mass is 9.99. The Bertz CT molecular complexity index is 1290. The molecule has 0 radical (unpaired) electrons. The summed E-state index contributed by atoms with van der Waals surface area (Å²) in [4.78, 5) is 12.9. The second kappa shape index (κ2) is 41.5. The van der Waals surface area contributed by atoms with Gasteiger partial charge in [0.05, 0.1) is 19.8 Å². The lowest BCUT2D eigenvalue weighted by Crippen LogP contribution is -2.60. The van der Waals surface area contributed by atoms with Crippen LogP contribution in [0.4, 0.5) is 0 Å². The van der Waals surface area contributed by atoms with Crippen LogP contribution in [0.25, 0.3) is 0 Å². The summed E-state index contributed by atoms with van der Waals surface area (Å²) in [6, 6.07) is 0. The van der Waals surface area contributed by atoms with Gasteiger partial charge in [0.15, 0.2) is 6.29 Å². The largest absolute Gasteiger partial charge is 0.457 e. The van der Waals surface area contributed by atoms with E-state index in [-0.39, 0.29) is 19.6 Å². The van der Waals surface area contributed by atoms with Crippen molar-refractivity contribution in [1.82, 2.24) is 0 Å². The summed E-state index contributed by atoms with van der Waals surface area (Å²) in [5.74, 6) is -0.411. The van der Waals surface area contributed by atoms with Crippen molar-refractivity contribution in [2.24, 2.45) is 0 Å². The summed E-state index contributed by atoms with van der Waals surface area (Å²) in [6.45, 7) is 3.88. The maximum absolute atomic E-state index is 12.9. The SMILES string of the molecule is CC/C=C\C/C=C\C/C=C\C/C=C\CCCCCCCCC(=O)OC(COCCCCCCCCCCCCCCCCCCC)COC1OC(CO)C(O)C(OS(=O)(=O)O)C1O. The predicted octanol–water partition coefficient (Wildman–Crippen LogP) is 11.1. The van der Waals surface area contributed by atoms with Crippen LogP contribution in [0, 0.1) is 0 Å². The first-order chi connectivity index (χ1) is 30.6. The zero-order valence-corrected chi connectivity index (χ0v) is 40.2. The van der Waals surface area contributed by atoms with E-state index in [1.165, 1.54) is 89.9 Å². The number of carbonyl (C=O) groups excluding carboxylic acids is 1. The number of hydrogen-bond donors (Lipinski definition) is 4. The molecule has 1 rings (SSSR count). The monoisotopic (exact) mass is 915 g/mol. The standard InChI is InChI=1S/C50H90O12S/c1-3-5-7-9-11-13-15-17-19-21-22-23-25-27-29-31-33-35-37-39-46(52)60-44(43-59-50-48(54)49(62-63(55,56)57)47(53)45(41-51)61-50)42-58-40-38-36-34-32-30-28-26-24-20-18-16-14-12-10-8-6-4-2/h5,7,11,13,17,19,22-23,44-45,47-51,53-54H,3-4,6,8-10,12,14-16,18,20-21,24-43H2,1-2H3,(H,55,56,57)/b7-5-,13-11-,19-17-,23-22-. The smallest absolute Gasteiger partial charge is 0.397 e. The van der Waals surface area contributed by atoms with Crippen LogP contribution in [0.2, 0.25) is 0 Å². The number of aliphatic hydroxyl groups is 3. The number of carbonyl (C=O) groups is 1. The van der Waals surface area contributed by atoms with E-state index in [1.54, 1.807) is 0 Å². The Morgan fingerprint density at radius 1 is 0.619 bits per heavy atom. The molecule has 0 aromatic heterocycles. The highest BCUT2D eigenvalue weighted by Crippen LogP contribution is 2.26. The van der Waals surface area contributed by atoms with Crippen LogP contribution in [-0.2, 0) is 38.3 Å². The van der Waals surface area contributed by atoms with Crippen molar-refractivity contribution in [3.8, 4) is 0 Å². The third-order valence-corrected chi connectivity index (χ3v) is 11.7. The van der Waals surface area contributed by atoms with Gasteiger partial charge in [-0.05, 0) is 51.4 Å². The van der Waals surface area contributed by atoms with Gasteiger partial charge in [-0.15, -0.1) is 0 Å². The molecule has 12 nitrogen and oxygen atoms in total. The van der Waals surface area contributed by atoms with Crippen LogP contribution >= 0.6 is 0 Å². The molecular weight excluding hydrogens is 825 g/mol. The van der Waals surface area contributed by atoms with Gasteiger partial charge >= 0.3 is 16.4 Å². The summed E-state index contributed by atoms with van der Waals surface area (Å²) in [5.41, 5.74) is 0. The highest BCUT2D eigenvalue weighted by atomic mass is 32.3. The highest BCUT2D eigenvalue weighted by Gasteiger charge is 2.48. The van der Waals surface area contributed by atoms with Gasteiger partial charge in [0.25, 0.3) is 0 Å². The van der Waals surface area contributed by atoms with E-state index in [0.717, 1.165) is 83.5 Å². The van der Waals surface area contributed by atoms with Crippen LogP contribution in [-0.4, -0.2) is 97.5 Å². The molecule has 0 aliphatic carbocycles. The molecule has 1 heterocycles. The first-order valence-electron chi connectivity index (χ1n) is 24.9. The van der Waals surface area contributed by atoms with Crippen LogP contribution in [0.3, 0.4) is 0 Å². The Morgan fingerprint density at radius 2 is 1.10 bits per heavy atom. The first kappa shape index (κ1) is 59.1. The van der Waals surface area contributed by atoms with Gasteiger partial charge in [-0.25, -0.2) is 4.18 Å². The summed E-state index contributed by atoms with van der Waals surface area (Å²) >= 11 is 0. The molecule has 0 bridgehead atoms. The fraction of sp³-hybridized carbons (Fsp3) is 0.820. The molecule has 0 saturated carbocycles. The number of esters is 1. The van der Waals surface area contributed by atoms with Crippen LogP contribution in [0.15, 0.2) is 48.6 Å². The Kier molecular flexibility index (Phi) is 38.9. The van der Waals surface area contributed by atoms with Crippen molar-refractivity contribution in [3.05, 3.63) is 48.6 Å². The Morgan fingerprint density at radius 3 is 1.60 bits per heavy atom. The molecule has 1 fully saturated rings. The van der Waals surface area contributed by atoms with Crippen molar-refractivity contribution < 1.29 is 56.2 Å². The minimum atomic E-state index is -5.07. The van der Waals surface area contributed by atoms with Crippen molar-refractivity contribution >= 4 is 16.4 Å². The van der Waals surface area contributed by atoms with E-state index in [2.05, 4.69) is 66.6 Å². The predicted molar refractivity (Wildman–Crippen MR) is 253 cm³/mol. The van der Waals surface area contributed by atoms with Crippen molar-refractivity contribution in [2.75, 3.05) is 26.4 Å². The molecule has 0 spiro atoms. The highest BCUT2D eigenvalue weighted by molar-refractivity contribution is 7.80. The van der Waals surface area contributed by atoms with E-state index in [0.29, 0.717) is 13.0 Å². The number of ether oxygens (including phenoxy) is 4. The molecule has 6 unspecified atom stereocenters. The van der Waals surface area contributed by atoms with E-state index >= 15 is 0 Å². The van der Waals surface area contributed by atoms with E-state index in [1.807, 2.05) is 0 Å². The second-order valence-corrected chi connectivity index (χ2v) is 18.1. The first-order valence-corrected chi connectivity index (χ1v) is 26.3. The van der Waals surface area contributed by atoms with E-state index < -0.39 is 59.8 Å². The van der Waals surface area contributed by atoms with Gasteiger partial charge in [-0.1, -0.05) is 191 Å². The lowest BCUT2D eigenvalue weighted by Gasteiger charge is -2.41. The Labute approximate surface area is 383 Å². The second-order valence-electron chi connectivity index (χ2n) is 17.0. The van der Waals surface area contributed by atoms with Crippen molar-refractivity contribution in [3.63, 3.8) is 0 Å². The van der Waals surface area contributed by atoms with Gasteiger partial charge in [-0.2, -0.15) is 8.42 Å². The minimum Gasteiger partial charge on any atom is -0.457 e. The third-order valence-electron chi connectivity index (χ3n) is 11.2. The summed E-state index contributed by atoms with van der Waals surface area (Å²) in [7, 11) is -5.07. The number of unbranched alkanes of at least 4 members (excludes halogenated alkanes) is 22. The van der Waals surface area contributed by atoms with Crippen LogP contribution in [0.1, 0.15) is 200 Å². The minimum absolute atomic E-state index is 0.0314. The summed E-state index contributed by atoms with van der Waals surface area (Å²) in [6.07, 6.45) is 41.4. The van der Waals surface area contributed by atoms with Crippen molar-refractivity contribution in [2.45, 2.75) is 237 Å². The Balaban J connectivity index is 2.39. The van der Waals surface area contributed by atoms with Gasteiger partial charge < -0.3 is 34.3 Å². The maximum Gasteiger partial charge on any atom is 0.397 e. The van der Waals surface area contributed by atoms with E-state index in [4.69, 9.17) is 18.9 Å². The van der Waals surface area contributed by atoms with Crippen LogP contribution in [0.5, 0.6) is 0 Å². The average Bonchev–Trinajstić information content (AvgIpc) is 3.26. The normalized spacial score (nSPS) is 20.3. The molecule has 1 saturated heterocycles. The number of aliphatic hydroxyl groups excluding tert-OH is 3. The summed E-state index contributed by atoms with van der Waals surface area (Å²) in [5, 5.41) is 30.7. The molecule has 63 heavy (non-hydrogen) atoms. The molecule has 368 valence electrons. The zero-order chi connectivity index (χ0) is 46.1. The van der Waals surface area contributed by atoms with Gasteiger partial charge in [0, 0.05) is 13.0 Å². The van der Waals surface area contributed by atoms with Gasteiger partial charge in [0.2, 0.25) is 0 Å². The maximum atomic E-state index is 12.9. The van der Waals surface area contributed by atoms with Crippen LogP contribution < -0.4 is 0 Å². The molecule has 1 aliphatic rings.